The van der Waals surface area contributed by atoms with Crippen molar-refractivity contribution in [3.05, 3.63) is 161 Å². The molecule has 6 rings (SSSR count). The third-order valence-electron chi connectivity index (χ3n) is 8.51. The van der Waals surface area contributed by atoms with Gasteiger partial charge >= 0.3 is 0 Å². The number of rotatable bonds is 11. The zero-order chi connectivity index (χ0) is 35.0. The summed E-state index contributed by atoms with van der Waals surface area (Å²) >= 11 is 1.65. The Morgan fingerprint density at radius 1 is 0.680 bits per heavy atom. The largest absolute Gasteiger partial charge is 0.392 e. The summed E-state index contributed by atoms with van der Waals surface area (Å²) in [4.78, 5) is 37.8. The number of hydrogen-bond acceptors (Lipinski definition) is 7. The van der Waals surface area contributed by atoms with Gasteiger partial charge in [0.1, 0.15) is 0 Å². The van der Waals surface area contributed by atoms with Crippen LogP contribution in [0.2, 0.25) is 0 Å². The number of hydrogen-bond donors (Lipinski definition) is 3. The topological polar surface area (TPSA) is 114 Å². The predicted molar refractivity (Wildman–Crippen MR) is 195 cm³/mol. The lowest BCUT2D eigenvalue weighted by atomic mass is 9.84. The average Bonchev–Trinajstić information content (AvgIpc) is 3.14. The van der Waals surface area contributed by atoms with E-state index in [-0.39, 0.29) is 36.2 Å². The molecule has 5 aromatic carbocycles. The average molecular weight is 687 g/mol. The van der Waals surface area contributed by atoms with Gasteiger partial charge < -0.3 is 25.2 Å². The minimum atomic E-state index is -0.793. The first-order chi connectivity index (χ1) is 24.3. The molecule has 1 fully saturated rings. The molecule has 0 aliphatic carbocycles. The molecule has 1 aliphatic rings. The van der Waals surface area contributed by atoms with Gasteiger partial charge in [-0.1, -0.05) is 78.9 Å². The molecular formula is C41H38N2O6S. The number of ketones is 1. The third kappa shape index (κ3) is 8.56. The lowest BCUT2D eigenvalue weighted by Crippen LogP contribution is -2.38. The molecule has 50 heavy (non-hydrogen) atoms. The second kappa shape index (κ2) is 16.1. The molecule has 0 spiro atoms. The minimum absolute atomic E-state index is 0.0620. The van der Waals surface area contributed by atoms with Crippen molar-refractivity contribution in [3.8, 4) is 0 Å². The van der Waals surface area contributed by atoms with Crippen LogP contribution >= 0.6 is 11.8 Å². The lowest BCUT2D eigenvalue weighted by Gasteiger charge is -2.43. The van der Waals surface area contributed by atoms with Crippen LogP contribution in [0.4, 0.5) is 11.4 Å². The van der Waals surface area contributed by atoms with E-state index in [4.69, 9.17) is 9.47 Å². The number of carbonyl (C=O) groups excluding carboxylic acids is 3. The Hall–Kier alpha value is -5.06. The van der Waals surface area contributed by atoms with Gasteiger partial charge in [-0.3, -0.25) is 14.4 Å². The van der Waals surface area contributed by atoms with E-state index in [1.807, 2.05) is 72.8 Å². The third-order valence-corrected chi connectivity index (χ3v) is 9.61. The van der Waals surface area contributed by atoms with Crippen molar-refractivity contribution in [2.24, 2.45) is 0 Å². The van der Waals surface area contributed by atoms with Gasteiger partial charge in [0.05, 0.1) is 18.8 Å². The highest BCUT2D eigenvalue weighted by molar-refractivity contribution is 7.99. The molecule has 1 heterocycles. The summed E-state index contributed by atoms with van der Waals surface area (Å²) < 4.78 is 13.6. The monoisotopic (exact) mass is 686 g/mol. The van der Waals surface area contributed by atoms with Crippen LogP contribution < -0.4 is 10.6 Å². The molecule has 1 aliphatic heterocycles. The number of aliphatic hydroxyl groups excluding tert-OH is 1. The number of carbonyl (C=O) groups is 3. The summed E-state index contributed by atoms with van der Waals surface area (Å²) in [5.41, 5.74) is 5.68. The Labute approximate surface area is 295 Å². The van der Waals surface area contributed by atoms with Crippen LogP contribution in [0.5, 0.6) is 0 Å². The van der Waals surface area contributed by atoms with E-state index in [0.29, 0.717) is 28.1 Å². The molecule has 0 aromatic heterocycles. The number of Topliss-reactive ketones (excluding diaryl/α,β-unsaturated/α-hetero) is 1. The number of amides is 2. The van der Waals surface area contributed by atoms with Crippen molar-refractivity contribution in [2.75, 3.05) is 16.4 Å². The predicted octanol–water partition coefficient (Wildman–Crippen LogP) is 8.32. The van der Waals surface area contributed by atoms with E-state index in [9.17, 15) is 19.5 Å². The van der Waals surface area contributed by atoms with E-state index < -0.39 is 12.4 Å². The van der Waals surface area contributed by atoms with Crippen molar-refractivity contribution in [2.45, 2.75) is 49.8 Å². The Morgan fingerprint density at radius 3 is 2.08 bits per heavy atom. The molecule has 4 atom stereocenters. The van der Waals surface area contributed by atoms with Crippen molar-refractivity contribution < 1.29 is 29.0 Å². The van der Waals surface area contributed by atoms with Crippen molar-refractivity contribution in [1.82, 2.24) is 0 Å². The van der Waals surface area contributed by atoms with Gasteiger partial charge in [0.2, 0.25) is 5.91 Å². The van der Waals surface area contributed by atoms with Crippen LogP contribution in [0, 0.1) is 0 Å². The maximum absolute atomic E-state index is 13.4. The van der Waals surface area contributed by atoms with E-state index in [1.54, 1.807) is 54.2 Å². The molecule has 2 amide bonds. The number of nitrogens with one attached hydrogen (secondary N) is 2. The highest BCUT2D eigenvalue weighted by atomic mass is 32.2. The fourth-order valence-electron chi connectivity index (χ4n) is 6.01. The summed E-state index contributed by atoms with van der Waals surface area (Å²) in [7, 11) is 0. The Morgan fingerprint density at radius 2 is 1.38 bits per heavy atom. The summed E-state index contributed by atoms with van der Waals surface area (Å²) in [6.07, 6.45) is -1.52. The molecular weight excluding hydrogens is 649 g/mol. The normalized spacial score (nSPS) is 18.6. The Balaban J connectivity index is 1.32. The minimum Gasteiger partial charge on any atom is -0.392 e. The second-order valence-electron chi connectivity index (χ2n) is 12.1. The maximum Gasteiger partial charge on any atom is 0.255 e. The molecule has 0 bridgehead atoms. The molecule has 0 saturated carbocycles. The number of benzene rings is 5. The zero-order valence-corrected chi connectivity index (χ0v) is 28.6. The second-order valence-corrected chi connectivity index (χ2v) is 13.2. The van der Waals surface area contributed by atoms with Gasteiger partial charge in [-0.05, 0) is 72.1 Å². The maximum atomic E-state index is 13.4. The van der Waals surface area contributed by atoms with E-state index in [2.05, 4.69) is 22.8 Å². The summed E-state index contributed by atoms with van der Waals surface area (Å²) in [6, 6.07) is 39.7. The van der Waals surface area contributed by atoms with Gasteiger partial charge in [0.15, 0.2) is 12.1 Å². The van der Waals surface area contributed by atoms with Gasteiger partial charge in [-0.2, -0.15) is 0 Å². The molecule has 1 unspecified atom stereocenters. The quantitative estimate of drug-likeness (QED) is 0.0946. The van der Waals surface area contributed by atoms with E-state index in [1.165, 1.54) is 13.8 Å². The van der Waals surface area contributed by atoms with Crippen molar-refractivity contribution in [1.29, 1.82) is 0 Å². The molecule has 0 radical (unpaired) electrons. The molecule has 9 heteroatoms. The fraction of sp³-hybridized carbons (Fsp3) is 0.195. The summed E-state index contributed by atoms with van der Waals surface area (Å²) in [6.45, 7) is 2.91. The first kappa shape index (κ1) is 34.8. The molecule has 3 N–H and O–H groups in total. The SMILES string of the molecule is CC(=O)Nc1ccc(SC[C@H]2OC(c3cccc(C(=O)Nc4cccc(C(C)=O)c4)c3)O[C@@H](c3ccc(CO)cc3)[C@@H]2c2ccccc2)cc1. The zero-order valence-electron chi connectivity index (χ0n) is 27.7. The summed E-state index contributed by atoms with van der Waals surface area (Å²) in [5, 5.41) is 15.4. The van der Waals surface area contributed by atoms with Gasteiger partial charge in [0.25, 0.3) is 5.91 Å². The van der Waals surface area contributed by atoms with Crippen molar-refractivity contribution >= 4 is 40.7 Å². The fourth-order valence-corrected chi connectivity index (χ4v) is 6.98. The van der Waals surface area contributed by atoms with Crippen LogP contribution in [-0.4, -0.2) is 34.6 Å². The van der Waals surface area contributed by atoms with Crippen LogP contribution in [0.15, 0.2) is 132 Å². The molecule has 1 saturated heterocycles. The lowest BCUT2D eigenvalue weighted by molar-refractivity contribution is -0.255. The molecule has 5 aromatic rings. The number of aliphatic hydroxyl groups is 1. The van der Waals surface area contributed by atoms with Crippen LogP contribution in [-0.2, 0) is 20.9 Å². The van der Waals surface area contributed by atoms with Crippen LogP contribution in [0.1, 0.15) is 75.1 Å². The van der Waals surface area contributed by atoms with Crippen LogP contribution in [0.25, 0.3) is 0 Å². The first-order valence-electron chi connectivity index (χ1n) is 16.4. The number of ether oxygens (including phenoxy) is 2. The van der Waals surface area contributed by atoms with Crippen LogP contribution in [0.3, 0.4) is 0 Å². The Kier molecular flexibility index (Phi) is 11.2. The highest BCUT2D eigenvalue weighted by Crippen LogP contribution is 2.48. The van der Waals surface area contributed by atoms with E-state index >= 15 is 0 Å². The number of thioether (sulfide) groups is 1. The van der Waals surface area contributed by atoms with Gasteiger partial charge in [-0.15, -0.1) is 11.8 Å². The summed E-state index contributed by atoms with van der Waals surface area (Å²) in [5.74, 6) is -0.120. The van der Waals surface area contributed by atoms with Gasteiger partial charge in [-0.25, -0.2) is 0 Å². The highest BCUT2D eigenvalue weighted by Gasteiger charge is 2.42. The standard InChI is InChI=1S/C41H38N2O6S/c1-26(45)31-10-7-13-35(23-31)43-40(47)32-11-6-12-33(22-32)41-48-37(25-50-36-20-18-34(19-21-36)42-27(2)46)38(29-8-4-3-5-9-29)39(49-41)30-16-14-28(24-44)15-17-30/h3-23,37-39,41,44H,24-25H2,1-2H3,(H,42,46)(H,43,47)/t37-,38-,39+,41?/m1/s1. The number of anilines is 2. The smallest absolute Gasteiger partial charge is 0.255 e. The molecule has 8 nitrogen and oxygen atoms in total. The van der Waals surface area contributed by atoms with E-state index in [0.717, 1.165) is 27.3 Å². The van der Waals surface area contributed by atoms with Crippen molar-refractivity contribution in [3.63, 3.8) is 0 Å². The molecule has 254 valence electrons. The Bertz CT molecular complexity index is 1950. The first-order valence-corrected chi connectivity index (χ1v) is 17.3. The van der Waals surface area contributed by atoms with Gasteiger partial charge in [0, 0.05) is 51.6 Å².